The Bertz CT molecular complexity index is 1330. The van der Waals surface area contributed by atoms with Crippen molar-refractivity contribution in [3.05, 3.63) is 91.1 Å². The average molecular weight is 570 g/mol. The van der Waals surface area contributed by atoms with Gasteiger partial charge in [-0.3, -0.25) is 0 Å². The summed E-state index contributed by atoms with van der Waals surface area (Å²) in [5.74, 6) is 1.09. The Morgan fingerprint density at radius 1 is 0.675 bits per heavy atom. The first-order valence-corrected chi connectivity index (χ1v) is 15.5. The van der Waals surface area contributed by atoms with Gasteiger partial charge in [0.15, 0.2) is 0 Å². The molecule has 2 aliphatic heterocycles. The molecule has 0 saturated carbocycles. The van der Waals surface area contributed by atoms with Gasteiger partial charge in [0.2, 0.25) is 0 Å². The molecule has 5 nitrogen and oxygen atoms in total. The second kappa shape index (κ2) is 13.1. The molecule has 1 aromatic heterocycles. The largest absolute Gasteiger partial charge is 0.338 e. The molecule has 3 heterocycles. The molecule has 0 spiro atoms. The van der Waals surface area contributed by atoms with E-state index in [9.17, 15) is 0 Å². The highest BCUT2D eigenvalue weighted by Gasteiger charge is 2.25. The van der Waals surface area contributed by atoms with Gasteiger partial charge >= 0.3 is 0 Å². The van der Waals surface area contributed by atoms with Gasteiger partial charge in [0.1, 0.15) is 5.82 Å². The van der Waals surface area contributed by atoms with E-state index < -0.39 is 0 Å². The van der Waals surface area contributed by atoms with Gasteiger partial charge < -0.3 is 19.6 Å². The highest BCUT2D eigenvalue weighted by Crippen LogP contribution is 2.48. The van der Waals surface area contributed by atoms with Crippen LogP contribution in [-0.2, 0) is 0 Å². The molecule has 208 valence electrons. The summed E-state index contributed by atoms with van der Waals surface area (Å²) in [5.41, 5.74) is 3.93. The Morgan fingerprint density at radius 3 is 1.73 bits per heavy atom. The van der Waals surface area contributed by atoms with E-state index in [0.29, 0.717) is 6.04 Å². The SMILES string of the molecule is CC(CN1c2ccccc2Sc2ccccc21)N(C)C.CN(C)CCCN1c2ccccc2Sc2cccnc21. The maximum atomic E-state index is 4.59. The number of pyridine rings is 1. The molecule has 0 fully saturated rings. The van der Waals surface area contributed by atoms with Gasteiger partial charge in [0.05, 0.1) is 22.0 Å². The lowest BCUT2D eigenvalue weighted by molar-refractivity contribution is 0.319. The first-order valence-electron chi connectivity index (χ1n) is 13.9. The molecular formula is C33H39N5S2. The summed E-state index contributed by atoms with van der Waals surface area (Å²) in [6.07, 6.45) is 3.01. The van der Waals surface area contributed by atoms with Crippen molar-refractivity contribution in [1.82, 2.24) is 14.8 Å². The van der Waals surface area contributed by atoms with Crippen molar-refractivity contribution in [2.45, 2.75) is 39.0 Å². The van der Waals surface area contributed by atoms with E-state index in [0.717, 1.165) is 31.9 Å². The number of hydrogen-bond donors (Lipinski definition) is 0. The van der Waals surface area contributed by atoms with Gasteiger partial charge in [-0.25, -0.2) is 4.98 Å². The number of aromatic nitrogens is 1. The number of hydrogen-bond acceptors (Lipinski definition) is 7. The average Bonchev–Trinajstić information content (AvgIpc) is 2.96. The van der Waals surface area contributed by atoms with Crippen LogP contribution in [0.1, 0.15) is 13.3 Å². The minimum absolute atomic E-state index is 0.499. The van der Waals surface area contributed by atoms with Crippen LogP contribution in [-0.4, -0.2) is 68.7 Å². The first-order chi connectivity index (χ1) is 19.4. The van der Waals surface area contributed by atoms with Crippen molar-refractivity contribution in [1.29, 1.82) is 0 Å². The van der Waals surface area contributed by atoms with Gasteiger partial charge in [-0.05, 0) is 96.6 Å². The van der Waals surface area contributed by atoms with Crippen LogP contribution in [0.2, 0.25) is 0 Å². The van der Waals surface area contributed by atoms with Crippen molar-refractivity contribution >= 4 is 46.4 Å². The molecule has 0 N–H and O–H groups in total. The van der Waals surface area contributed by atoms with Crippen LogP contribution < -0.4 is 9.80 Å². The molecule has 4 aromatic rings. The van der Waals surface area contributed by atoms with E-state index >= 15 is 0 Å². The molecule has 7 heteroatoms. The number of para-hydroxylation sites is 3. The van der Waals surface area contributed by atoms with E-state index in [-0.39, 0.29) is 0 Å². The zero-order valence-corrected chi connectivity index (χ0v) is 25.8. The Balaban J connectivity index is 0.000000161. The highest BCUT2D eigenvalue weighted by molar-refractivity contribution is 8.00. The van der Waals surface area contributed by atoms with Crippen LogP contribution in [0.4, 0.5) is 22.9 Å². The van der Waals surface area contributed by atoms with Crippen LogP contribution in [0.5, 0.6) is 0 Å². The summed E-state index contributed by atoms with van der Waals surface area (Å²) in [6, 6.07) is 30.6. The maximum Gasteiger partial charge on any atom is 0.147 e. The third-order valence-corrected chi connectivity index (χ3v) is 9.46. The van der Waals surface area contributed by atoms with Gasteiger partial charge in [0.25, 0.3) is 0 Å². The fourth-order valence-electron chi connectivity index (χ4n) is 4.84. The van der Waals surface area contributed by atoms with Crippen molar-refractivity contribution in [2.75, 3.05) is 57.6 Å². The Morgan fingerprint density at radius 2 is 1.18 bits per heavy atom. The first kappa shape index (κ1) is 28.6. The van der Waals surface area contributed by atoms with Crippen molar-refractivity contribution < 1.29 is 0 Å². The molecule has 3 aromatic carbocycles. The monoisotopic (exact) mass is 569 g/mol. The standard InChI is InChI=1S/C17H20N2S.C16H19N3S/c1-13(18(2)3)12-19-14-8-4-6-10-16(14)20-17-11-7-5-9-15(17)19;1-18(2)11-6-12-19-13-7-3-4-8-14(13)20-15-9-5-10-17-16(15)19/h4-11,13H,12H2,1-3H3;3-5,7-10H,6,11-12H2,1-2H3. The van der Waals surface area contributed by atoms with E-state index in [1.54, 1.807) is 0 Å². The molecule has 0 radical (unpaired) electrons. The normalized spacial score (nSPS) is 14.1. The Hall–Kier alpha value is -2.97. The Labute approximate surface area is 248 Å². The predicted molar refractivity (Wildman–Crippen MR) is 172 cm³/mol. The number of fused-ring (bicyclic) bond motifs is 4. The number of anilines is 4. The van der Waals surface area contributed by atoms with Crippen molar-refractivity contribution in [3.63, 3.8) is 0 Å². The fourth-order valence-corrected chi connectivity index (χ4v) is 7.00. The van der Waals surface area contributed by atoms with Crippen LogP contribution >= 0.6 is 23.5 Å². The summed E-state index contributed by atoms with van der Waals surface area (Å²) < 4.78 is 0. The molecule has 2 aliphatic rings. The van der Waals surface area contributed by atoms with E-state index in [2.05, 4.69) is 139 Å². The number of likely N-dealkylation sites (N-methyl/N-ethyl adjacent to an activating group) is 1. The summed E-state index contributed by atoms with van der Waals surface area (Å²) in [7, 11) is 8.51. The number of benzene rings is 3. The van der Waals surface area contributed by atoms with Gasteiger partial charge in [-0.15, -0.1) is 0 Å². The third-order valence-electron chi connectivity index (χ3n) is 7.23. The quantitative estimate of drug-likeness (QED) is 0.223. The lowest BCUT2D eigenvalue weighted by atomic mass is 10.2. The molecule has 40 heavy (non-hydrogen) atoms. The molecule has 6 rings (SSSR count). The number of rotatable bonds is 7. The van der Waals surface area contributed by atoms with E-state index in [1.807, 2.05) is 35.8 Å². The summed E-state index contributed by atoms with van der Waals surface area (Å²) in [4.78, 5) is 19.1. The second-order valence-corrected chi connectivity index (χ2v) is 12.8. The van der Waals surface area contributed by atoms with E-state index in [1.165, 1.54) is 36.6 Å². The summed E-state index contributed by atoms with van der Waals surface area (Å²) >= 11 is 3.68. The molecule has 0 aliphatic carbocycles. The summed E-state index contributed by atoms with van der Waals surface area (Å²) in [6.45, 7) is 5.36. The molecule has 0 bridgehead atoms. The van der Waals surface area contributed by atoms with Crippen molar-refractivity contribution in [2.24, 2.45) is 0 Å². The molecular weight excluding hydrogens is 531 g/mol. The topological polar surface area (TPSA) is 25.9 Å². The van der Waals surface area contributed by atoms with Crippen molar-refractivity contribution in [3.8, 4) is 0 Å². The molecule has 0 saturated heterocycles. The van der Waals surface area contributed by atoms with Gasteiger partial charge in [-0.1, -0.05) is 59.9 Å². The smallest absolute Gasteiger partial charge is 0.147 e. The van der Waals surface area contributed by atoms with Gasteiger partial charge in [-0.2, -0.15) is 0 Å². The molecule has 1 atom stereocenters. The zero-order valence-electron chi connectivity index (χ0n) is 24.1. The fraction of sp³-hybridized carbons (Fsp3) is 0.303. The van der Waals surface area contributed by atoms with Gasteiger partial charge in [0, 0.05) is 40.0 Å². The Kier molecular flexibility index (Phi) is 9.37. The second-order valence-electron chi connectivity index (χ2n) is 10.7. The third kappa shape index (κ3) is 6.50. The van der Waals surface area contributed by atoms with E-state index in [4.69, 9.17) is 0 Å². The highest BCUT2D eigenvalue weighted by atomic mass is 32.2. The van der Waals surface area contributed by atoms with Crippen LogP contribution in [0, 0.1) is 0 Å². The lowest BCUT2D eigenvalue weighted by Crippen LogP contribution is -2.37. The predicted octanol–water partition coefficient (Wildman–Crippen LogP) is 7.88. The van der Waals surface area contributed by atoms with Crippen LogP contribution in [0.15, 0.2) is 111 Å². The molecule has 0 amide bonds. The minimum atomic E-state index is 0.499. The lowest BCUT2D eigenvalue weighted by Gasteiger charge is -2.36. The maximum absolute atomic E-state index is 4.59. The summed E-state index contributed by atoms with van der Waals surface area (Å²) in [5, 5.41) is 0. The minimum Gasteiger partial charge on any atom is -0.338 e. The number of nitrogens with zero attached hydrogens (tertiary/aromatic N) is 5. The molecule has 1 unspecified atom stereocenters. The zero-order chi connectivity index (χ0) is 28.1. The van der Waals surface area contributed by atoms with Crippen LogP contribution in [0.3, 0.4) is 0 Å². The van der Waals surface area contributed by atoms with Crippen LogP contribution in [0.25, 0.3) is 0 Å².